The molecule has 0 amide bonds. The molecular weight excluding hydrogens is 278 g/mol. The smallest absolute Gasteiger partial charge is 0.349 e. The molecule has 0 unspecified atom stereocenters. The predicted molar refractivity (Wildman–Crippen MR) is 82.8 cm³/mol. The van der Waals surface area contributed by atoms with Gasteiger partial charge in [-0.15, -0.1) is 0 Å². The van der Waals surface area contributed by atoms with Crippen LogP contribution in [0.2, 0.25) is 0 Å². The zero-order chi connectivity index (χ0) is 15.5. The molecule has 2 aromatic carbocycles. The molecule has 0 aliphatic carbocycles. The molecule has 0 bridgehead atoms. The zero-order valence-corrected chi connectivity index (χ0v) is 12.4. The van der Waals surface area contributed by atoms with Crippen molar-refractivity contribution < 1.29 is 14.1 Å². The summed E-state index contributed by atoms with van der Waals surface area (Å²) < 4.78 is 10.6. The van der Waals surface area contributed by atoms with Gasteiger partial charge in [0.2, 0.25) is 0 Å². The summed E-state index contributed by atoms with van der Waals surface area (Å²) >= 11 is 0. The quantitative estimate of drug-likeness (QED) is 0.537. The van der Waals surface area contributed by atoms with Crippen molar-refractivity contribution in [2.75, 3.05) is 0 Å². The highest BCUT2D eigenvalue weighted by Crippen LogP contribution is 2.26. The second-order valence-electron chi connectivity index (χ2n) is 5.03. The monoisotopic (exact) mass is 293 g/mol. The normalized spacial score (nSPS) is 10.5. The maximum absolute atomic E-state index is 12.5. The maximum Gasteiger partial charge on any atom is 0.349 e. The third-order valence-electron chi connectivity index (χ3n) is 3.31. The number of benzene rings is 2. The molecule has 0 N–H and O–H groups in total. The SMILES string of the molecule is Cc1cccc(OC(=O)c2c(-c3ccccc3)noc2C)c1. The van der Waals surface area contributed by atoms with Crippen LogP contribution >= 0.6 is 0 Å². The lowest BCUT2D eigenvalue weighted by Crippen LogP contribution is -2.10. The van der Waals surface area contributed by atoms with E-state index in [0.29, 0.717) is 22.8 Å². The van der Waals surface area contributed by atoms with E-state index in [0.717, 1.165) is 11.1 Å². The van der Waals surface area contributed by atoms with Crippen LogP contribution in [0.15, 0.2) is 59.1 Å². The van der Waals surface area contributed by atoms with Crippen LogP contribution in [0.4, 0.5) is 0 Å². The molecule has 0 saturated carbocycles. The summed E-state index contributed by atoms with van der Waals surface area (Å²) in [5.74, 6) is 0.476. The number of carbonyl (C=O) groups is 1. The molecule has 3 rings (SSSR count). The third kappa shape index (κ3) is 2.76. The van der Waals surface area contributed by atoms with Crippen molar-refractivity contribution in [3.8, 4) is 17.0 Å². The highest BCUT2D eigenvalue weighted by atomic mass is 16.5. The van der Waals surface area contributed by atoms with Gasteiger partial charge in [0.25, 0.3) is 0 Å². The van der Waals surface area contributed by atoms with E-state index in [1.54, 1.807) is 13.0 Å². The molecule has 0 atom stereocenters. The van der Waals surface area contributed by atoms with Crippen molar-refractivity contribution in [2.24, 2.45) is 0 Å². The Morgan fingerprint density at radius 1 is 1.05 bits per heavy atom. The average molecular weight is 293 g/mol. The van der Waals surface area contributed by atoms with Crippen LogP contribution in [0.25, 0.3) is 11.3 Å². The van der Waals surface area contributed by atoms with Crippen LogP contribution in [-0.4, -0.2) is 11.1 Å². The number of aromatic nitrogens is 1. The number of hydrogen-bond acceptors (Lipinski definition) is 4. The molecule has 22 heavy (non-hydrogen) atoms. The van der Waals surface area contributed by atoms with Crippen molar-refractivity contribution in [3.05, 3.63) is 71.5 Å². The largest absolute Gasteiger partial charge is 0.423 e. The summed E-state index contributed by atoms with van der Waals surface area (Å²) in [6.45, 7) is 3.64. The van der Waals surface area contributed by atoms with Gasteiger partial charge in [-0.05, 0) is 31.5 Å². The summed E-state index contributed by atoms with van der Waals surface area (Å²) in [5.41, 5.74) is 2.69. The summed E-state index contributed by atoms with van der Waals surface area (Å²) in [6, 6.07) is 16.8. The second kappa shape index (κ2) is 5.85. The molecular formula is C18H15NO3. The summed E-state index contributed by atoms with van der Waals surface area (Å²) in [7, 11) is 0. The van der Waals surface area contributed by atoms with Crippen LogP contribution < -0.4 is 4.74 Å². The van der Waals surface area contributed by atoms with Crippen LogP contribution in [0.5, 0.6) is 5.75 Å². The second-order valence-corrected chi connectivity index (χ2v) is 5.03. The Kier molecular flexibility index (Phi) is 3.74. The Balaban J connectivity index is 1.95. The Morgan fingerprint density at radius 2 is 1.82 bits per heavy atom. The fourth-order valence-corrected chi connectivity index (χ4v) is 2.24. The molecule has 1 heterocycles. The number of carbonyl (C=O) groups excluding carboxylic acids is 1. The molecule has 1 aromatic heterocycles. The minimum absolute atomic E-state index is 0.354. The van der Waals surface area contributed by atoms with Crippen molar-refractivity contribution in [3.63, 3.8) is 0 Å². The van der Waals surface area contributed by atoms with Gasteiger partial charge in [0.05, 0.1) is 0 Å². The van der Waals surface area contributed by atoms with Gasteiger partial charge in [0.15, 0.2) is 0 Å². The van der Waals surface area contributed by atoms with Crippen LogP contribution in [0, 0.1) is 13.8 Å². The van der Waals surface area contributed by atoms with Gasteiger partial charge < -0.3 is 9.26 Å². The van der Waals surface area contributed by atoms with Gasteiger partial charge >= 0.3 is 5.97 Å². The van der Waals surface area contributed by atoms with E-state index in [1.165, 1.54) is 0 Å². The van der Waals surface area contributed by atoms with Crippen molar-refractivity contribution >= 4 is 5.97 Å². The fraction of sp³-hybridized carbons (Fsp3) is 0.111. The molecule has 0 spiro atoms. The van der Waals surface area contributed by atoms with E-state index in [4.69, 9.17) is 9.26 Å². The lowest BCUT2D eigenvalue weighted by molar-refractivity contribution is 0.0733. The number of rotatable bonds is 3. The third-order valence-corrected chi connectivity index (χ3v) is 3.31. The van der Waals surface area contributed by atoms with E-state index >= 15 is 0 Å². The topological polar surface area (TPSA) is 52.3 Å². The molecule has 110 valence electrons. The highest BCUT2D eigenvalue weighted by Gasteiger charge is 2.23. The lowest BCUT2D eigenvalue weighted by Gasteiger charge is -2.05. The van der Waals surface area contributed by atoms with E-state index in [2.05, 4.69) is 5.16 Å². The molecule has 0 fully saturated rings. The highest BCUT2D eigenvalue weighted by molar-refractivity contribution is 5.98. The molecule has 3 aromatic rings. The standard InChI is InChI=1S/C18H15NO3/c1-12-7-6-10-15(11-12)21-18(20)16-13(2)22-19-17(16)14-8-4-3-5-9-14/h3-11H,1-2H3. The average Bonchev–Trinajstić information content (AvgIpc) is 2.90. The minimum Gasteiger partial charge on any atom is -0.423 e. The van der Waals surface area contributed by atoms with Crippen molar-refractivity contribution in [1.29, 1.82) is 0 Å². The van der Waals surface area contributed by atoms with Gasteiger partial charge in [-0.1, -0.05) is 47.6 Å². The predicted octanol–water partition coefficient (Wildman–Crippen LogP) is 4.18. The maximum atomic E-state index is 12.5. The van der Waals surface area contributed by atoms with E-state index in [-0.39, 0.29) is 0 Å². The zero-order valence-electron chi connectivity index (χ0n) is 12.4. The van der Waals surface area contributed by atoms with Gasteiger partial charge in [0, 0.05) is 5.56 Å². The minimum atomic E-state index is -0.469. The summed E-state index contributed by atoms with van der Waals surface area (Å²) in [5, 5.41) is 3.99. The van der Waals surface area contributed by atoms with Gasteiger partial charge in [-0.3, -0.25) is 0 Å². The number of aryl methyl sites for hydroxylation is 2. The Bertz CT molecular complexity index is 806. The number of ether oxygens (including phenoxy) is 1. The molecule has 0 aliphatic rings. The first-order valence-corrected chi connectivity index (χ1v) is 6.95. The van der Waals surface area contributed by atoms with Crippen molar-refractivity contribution in [1.82, 2.24) is 5.16 Å². The van der Waals surface area contributed by atoms with Crippen LogP contribution in [-0.2, 0) is 0 Å². The van der Waals surface area contributed by atoms with Crippen LogP contribution in [0.1, 0.15) is 21.7 Å². The molecule has 4 heteroatoms. The van der Waals surface area contributed by atoms with Gasteiger partial charge in [0.1, 0.15) is 22.8 Å². The fourth-order valence-electron chi connectivity index (χ4n) is 2.24. The molecule has 0 aliphatic heterocycles. The lowest BCUT2D eigenvalue weighted by atomic mass is 10.1. The molecule has 4 nitrogen and oxygen atoms in total. The Labute approximate surface area is 128 Å². The molecule has 0 saturated heterocycles. The van der Waals surface area contributed by atoms with Gasteiger partial charge in [-0.2, -0.15) is 0 Å². The number of nitrogens with zero attached hydrogens (tertiary/aromatic N) is 1. The van der Waals surface area contributed by atoms with E-state index < -0.39 is 5.97 Å². The number of hydrogen-bond donors (Lipinski definition) is 0. The first-order chi connectivity index (χ1) is 10.6. The summed E-state index contributed by atoms with van der Waals surface area (Å²) in [4.78, 5) is 12.5. The van der Waals surface area contributed by atoms with Crippen molar-refractivity contribution in [2.45, 2.75) is 13.8 Å². The molecule has 0 radical (unpaired) electrons. The Morgan fingerprint density at radius 3 is 2.55 bits per heavy atom. The Hall–Kier alpha value is -2.88. The summed E-state index contributed by atoms with van der Waals surface area (Å²) in [6.07, 6.45) is 0. The van der Waals surface area contributed by atoms with Crippen LogP contribution in [0.3, 0.4) is 0 Å². The first kappa shape index (κ1) is 14.1. The van der Waals surface area contributed by atoms with E-state index in [9.17, 15) is 4.79 Å². The van der Waals surface area contributed by atoms with Gasteiger partial charge in [-0.25, -0.2) is 4.79 Å². The van der Waals surface area contributed by atoms with E-state index in [1.807, 2.05) is 55.5 Å². The number of esters is 1. The first-order valence-electron chi connectivity index (χ1n) is 6.95.